The molecular formula is C21H40Cl3NOSi. The van der Waals surface area contributed by atoms with Crippen LogP contribution in [0.2, 0.25) is 6.04 Å². The first-order chi connectivity index (χ1) is 13.1. The van der Waals surface area contributed by atoms with E-state index < -0.39 is 6.00 Å². The second kappa shape index (κ2) is 21.2. The molecule has 0 atom stereocenters. The highest BCUT2D eigenvalue weighted by Gasteiger charge is 2.23. The van der Waals surface area contributed by atoms with Gasteiger partial charge in [0.15, 0.2) is 0 Å². The number of rotatable bonds is 21. The molecule has 0 saturated heterocycles. The molecule has 0 aliphatic carbocycles. The van der Waals surface area contributed by atoms with Crippen LogP contribution >= 0.6 is 33.2 Å². The number of hydrogen-bond donors (Lipinski definition) is 0. The van der Waals surface area contributed by atoms with E-state index in [-0.39, 0.29) is 0 Å². The van der Waals surface area contributed by atoms with E-state index in [1.807, 2.05) is 0 Å². The van der Waals surface area contributed by atoms with Crippen molar-refractivity contribution in [2.45, 2.75) is 122 Å². The third kappa shape index (κ3) is 26.5. The summed E-state index contributed by atoms with van der Waals surface area (Å²) in [6.07, 6.45) is 25.3. The summed E-state index contributed by atoms with van der Waals surface area (Å²) in [4.78, 5) is 13.5. The van der Waals surface area contributed by atoms with Crippen LogP contribution in [0.25, 0.3) is 0 Å². The molecule has 0 aliphatic rings. The third-order valence-corrected chi connectivity index (χ3v) is 7.67. The fourth-order valence-electron chi connectivity index (χ4n) is 3.39. The van der Waals surface area contributed by atoms with E-state index in [0.29, 0.717) is 6.54 Å². The molecule has 0 rings (SSSR count). The van der Waals surface area contributed by atoms with Crippen molar-refractivity contribution in [1.29, 1.82) is 0 Å². The van der Waals surface area contributed by atoms with Crippen molar-refractivity contribution in [3.05, 3.63) is 0 Å². The Morgan fingerprint density at radius 3 is 1.11 bits per heavy atom. The molecule has 0 aromatic heterocycles. The van der Waals surface area contributed by atoms with Gasteiger partial charge >= 0.3 is 6.00 Å². The van der Waals surface area contributed by atoms with Gasteiger partial charge in [-0.15, -0.1) is 33.2 Å². The molecule has 160 valence electrons. The maximum atomic E-state index is 9.92. The number of isocyanates is 1. The lowest BCUT2D eigenvalue weighted by Crippen LogP contribution is -2.07. The van der Waals surface area contributed by atoms with Crippen molar-refractivity contribution in [2.24, 2.45) is 4.99 Å². The van der Waals surface area contributed by atoms with Crippen LogP contribution in [0.5, 0.6) is 0 Å². The van der Waals surface area contributed by atoms with Crippen molar-refractivity contribution >= 4 is 45.3 Å². The average molecular weight is 457 g/mol. The monoisotopic (exact) mass is 455 g/mol. The molecule has 6 heteroatoms. The Bertz CT molecular complexity index is 358. The van der Waals surface area contributed by atoms with Crippen LogP contribution < -0.4 is 0 Å². The summed E-state index contributed by atoms with van der Waals surface area (Å²) in [7, 11) is 0. The van der Waals surface area contributed by atoms with Gasteiger partial charge in [-0.05, 0) is 12.5 Å². The van der Waals surface area contributed by atoms with E-state index in [9.17, 15) is 4.79 Å². The molecule has 2 nitrogen and oxygen atoms in total. The van der Waals surface area contributed by atoms with Gasteiger partial charge in [-0.2, -0.15) is 0 Å². The summed E-state index contributed by atoms with van der Waals surface area (Å²) >= 11 is 17.6. The first-order valence-electron chi connectivity index (χ1n) is 11.2. The van der Waals surface area contributed by atoms with Gasteiger partial charge in [0.2, 0.25) is 6.08 Å². The Hall–Kier alpha value is 0.467. The molecule has 0 aromatic carbocycles. The zero-order valence-electron chi connectivity index (χ0n) is 17.1. The van der Waals surface area contributed by atoms with Gasteiger partial charge in [-0.1, -0.05) is 109 Å². The van der Waals surface area contributed by atoms with Gasteiger partial charge in [-0.3, -0.25) is 0 Å². The molecular weight excluding hydrogens is 417 g/mol. The van der Waals surface area contributed by atoms with Crippen molar-refractivity contribution < 1.29 is 4.79 Å². The van der Waals surface area contributed by atoms with Crippen LogP contribution in [0.3, 0.4) is 0 Å². The maximum absolute atomic E-state index is 9.92. The minimum absolute atomic E-state index is 0.656. The number of carbonyl (C=O) groups excluding carboxylic acids is 1. The molecule has 0 heterocycles. The molecule has 0 amide bonds. The van der Waals surface area contributed by atoms with Crippen molar-refractivity contribution in [3.63, 3.8) is 0 Å². The predicted octanol–water partition coefficient (Wildman–Crippen LogP) is 9.00. The molecule has 0 spiro atoms. The summed E-state index contributed by atoms with van der Waals surface area (Å²) in [5.41, 5.74) is 0. The van der Waals surface area contributed by atoms with E-state index in [1.165, 1.54) is 103 Å². The Labute approximate surface area is 183 Å². The Morgan fingerprint density at radius 2 is 0.815 bits per heavy atom. The topological polar surface area (TPSA) is 29.4 Å². The van der Waals surface area contributed by atoms with Crippen molar-refractivity contribution in [1.82, 2.24) is 0 Å². The van der Waals surface area contributed by atoms with Gasteiger partial charge in [0.05, 0.1) is 6.54 Å². The molecule has 0 aromatic rings. The van der Waals surface area contributed by atoms with E-state index in [0.717, 1.165) is 18.9 Å². The lowest BCUT2D eigenvalue weighted by molar-refractivity contribution is 0.525. The first-order valence-corrected chi connectivity index (χ1v) is 16.4. The van der Waals surface area contributed by atoms with Gasteiger partial charge in [0.1, 0.15) is 0 Å². The van der Waals surface area contributed by atoms with Crippen molar-refractivity contribution in [2.75, 3.05) is 6.54 Å². The van der Waals surface area contributed by atoms with Crippen LogP contribution in [0.1, 0.15) is 116 Å². The molecule has 0 saturated carbocycles. The molecule has 0 aliphatic heterocycles. The highest BCUT2D eigenvalue weighted by Crippen LogP contribution is 2.27. The van der Waals surface area contributed by atoms with Crippen molar-refractivity contribution in [3.8, 4) is 0 Å². The molecule has 0 radical (unpaired) electrons. The van der Waals surface area contributed by atoms with E-state index in [4.69, 9.17) is 33.2 Å². The highest BCUT2D eigenvalue weighted by molar-refractivity contribution is 7.64. The number of nitrogens with zero attached hydrogens (tertiary/aromatic N) is 1. The lowest BCUT2D eigenvalue weighted by atomic mass is 10.0. The fourth-order valence-corrected chi connectivity index (χ4v) is 5.24. The van der Waals surface area contributed by atoms with E-state index >= 15 is 0 Å². The second-order valence-corrected chi connectivity index (χ2v) is 17.0. The molecule has 0 N–H and O–H groups in total. The van der Waals surface area contributed by atoms with E-state index in [1.54, 1.807) is 6.08 Å². The summed E-state index contributed by atoms with van der Waals surface area (Å²) in [6.45, 7) is 0.656. The second-order valence-electron chi connectivity index (χ2n) is 7.70. The predicted molar refractivity (Wildman–Crippen MR) is 124 cm³/mol. The Balaban J connectivity index is 3.04. The molecule has 27 heavy (non-hydrogen) atoms. The number of unbranched alkanes of at least 4 members (excludes halogenated alkanes) is 17. The van der Waals surface area contributed by atoms with Gasteiger partial charge in [0, 0.05) is 0 Å². The minimum Gasteiger partial charge on any atom is -0.211 e. The molecule has 0 fully saturated rings. The SMILES string of the molecule is O=C=NCCCCCCCCCCCCCCCCCCCC[Si](Cl)(Cl)Cl. The quantitative estimate of drug-likeness (QED) is 0.0556. The average Bonchev–Trinajstić information content (AvgIpc) is 2.62. The third-order valence-electron chi connectivity index (χ3n) is 5.04. The highest BCUT2D eigenvalue weighted by atomic mass is 35.8. The van der Waals surface area contributed by atoms with E-state index in [2.05, 4.69) is 4.99 Å². The maximum Gasteiger partial charge on any atom is 0.341 e. The number of aliphatic imine (C=N–C) groups is 1. The van der Waals surface area contributed by atoms with Crippen LogP contribution in [0, 0.1) is 0 Å². The number of halogens is 3. The largest absolute Gasteiger partial charge is 0.341 e. The first kappa shape index (κ1) is 27.5. The van der Waals surface area contributed by atoms with Gasteiger partial charge in [0.25, 0.3) is 0 Å². The Kier molecular flexibility index (Phi) is 21.5. The zero-order valence-corrected chi connectivity index (χ0v) is 20.4. The summed E-state index contributed by atoms with van der Waals surface area (Å²) < 4.78 is 0. The summed E-state index contributed by atoms with van der Waals surface area (Å²) in [5.74, 6) is 0. The lowest BCUT2D eigenvalue weighted by Gasteiger charge is -2.07. The van der Waals surface area contributed by atoms with Gasteiger partial charge < -0.3 is 0 Å². The van der Waals surface area contributed by atoms with Crippen LogP contribution in [-0.2, 0) is 4.79 Å². The van der Waals surface area contributed by atoms with Crippen LogP contribution in [0.4, 0.5) is 0 Å². The molecule has 0 unspecified atom stereocenters. The van der Waals surface area contributed by atoms with Crippen LogP contribution in [-0.4, -0.2) is 18.6 Å². The summed E-state index contributed by atoms with van der Waals surface area (Å²) in [6, 6.07) is -1.55. The minimum atomic E-state index is -2.37. The van der Waals surface area contributed by atoms with Gasteiger partial charge in [-0.25, -0.2) is 9.79 Å². The standard InChI is InChI=1S/C21H40Cl3NOSi/c22-27(23,24)20-18-16-14-12-10-8-6-4-2-1-3-5-7-9-11-13-15-17-19-25-21-26/h1-20H2. The Morgan fingerprint density at radius 1 is 0.519 bits per heavy atom. The fraction of sp³-hybridized carbons (Fsp3) is 0.952. The molecule has 0 bridgehead atoms. The smallest absolute Gasteiger partial charge is 0.211 e. The number of hydrogen-bond acceptors (Lipinski definition) is 2. The van der Waals surface area contributed by atoms with Crippen LogP contribution in [0.15, 0.2) is 4.99 Å². The summed E-state index contributed by atoms with van der Waals surface area (Å²) in [5, 5.41) is 0. The zero-order chi connectivity index (χ0) is 20.1. The normalized spacial score (nSPS) is 11.5.